The molecule has 1 aliphatic heterocycles. The van der Waals surface area contributed by atoms with Gasteiger partial charge in [-0.3, -0.25) is 14.0 Å². The molecule has 3 rings (SSSR count). The number of ether oxygens (including phenoxy) is 1. The summed E-state index contributed by atoms with van der Waals surface area (Å²) in [7, 11) is 1.57. The SMILES string of the molecule is COc1cccn2c(C(=O)N3CCC(C(=O)O)CC3)c(C)nc12. The molecule has 2 aromatic heterocycles. The van der Waals surface area contributed by atoms with Crippen LogP contribution in [-0.4, -0.2) is 51.5 Å². The molecule has 0 saturated carbocycles. The van der Waals surface area contributed by atoms with E-state index in [9.17, 15) is 9.59 Å². The van der Waals surface area contributed by atoms with Gasteiger partial charge in [0, 0.05) is 19.3 Å². The van der Waals surface area contributed by atoms with E-state index in [1.807, 2.05) is 0 Å². The van der Waals surface area contributed by atoms with Crippen LogP contribution in [0.4, 0.5) is 0 Å². The summed E-state index contributed by atoms with van der Waals surface area (Å²) in [4.78, 5) is 30.0. The first-order chi connectivity index (χ1) is 11.0. The summed E-state index contributed by atoms with van der Waals surface area (Å²) in [6.07, 6.45) is 2.76. The summed E-state index contributed by atoms with van der Waals surface area (Å²) in [5.41, 5.74) is 1.75. The number of fused-ring (bicyclic) bond motifs is 1. The zero-order chi connectivity index (χ0) is 16.6. The number of aliphatic carboxylic acids is 1. The van der Waals surface area contributed by atoms with Crippen molar-refractivity contribution in [3.8, 4) is 5.75 Å². The van der Waals surface area contributed by atoms with Gasteiger partial charge in [0.05, 0.1) is 18.7 Å². The number of imidazole rings is 1. The van der Waals surface area contributed by atoms with Crippen molar-refractivity contribution in [3.63, 3.8) is 0 Å². The number of piperidine rings is 1. The number of likely N-dealkylation sites (tertiary alicyclic amines) is 1. The monoisotopic (exact) mass is 317 g/mol. The number of pyridine rings is 1. The largest absolute Gasteiger partial charge is 0.493 e. The highest BCUT2D eigenvalue weighted by Crippen LogP contribution is 2.24. The number of amides is 1. The van der Waals surface area contributed by atoms with E-state index in [-0.39, 0.29) is 11.8 Å². The van der Waals surface area contributed by atoms with Gasteiger partial charge in [0.2, 0.25) is 0 Å². The maximum atomic E-state index is 12.8. The van der Waals surface area contributed by atoms with Gasteiger partial charge in [-0.2, -0.15) is 0 Å². The first kappa shape index (κ1) is 15.3. The molecule has 7 nitrogen and oxygen atoms in total. The molecule has 0 aromatic carbocycles. The van der Waals surface area contributed by atoms with E-state index in [1.54, 1.807) is 41.7 Å². The average Bonchev–Trinajstić information content (AvgIpc) is 2.90. The zero-order valence-electron chi connectivity index (χ0n) is 13.2. The highest BCUT2D eigenvalue weighted by Gasteiger charge is 2.30. The minimum atomic E-state index is -0.784. The zero-order valence-corrected chi connectivity index (χ0v) is 13.2. The van der Waals surface area contributed by atoms with Crippen LogP contribution in [0.5, 0.6) is 5.75 Å². The highest BCUT2D eigenvalue weighted by atomic mass is 16.5. The molecule has 0 unspecified atom stereocenters. The van der Waals surface area contributed by atoms with Crippen LogP contribution in [0.15, 0.2) is 18.3 Å². The van der Waals surface area contributed by atoms with Crippen LogP contribution in [0.3, 0.4) is 0 Å². The van der Waals surface area contributed by atoms with Crippen molar-refractivity contribution in [2.24, 2.45) is 5.92 Å². The predicted molar refractivity (Wildman–Crippen MR) is 82.7 cm³/mol. The lowest BCUT2D eigenvalue weighted by atomic mass is 9.97. The number of carbonyl (C=O) groups excluding carboxylic acids is 1. The topological polar surface area (TPSA) is 84.1 Å². The highest BCUT2D eigenvalue weighted by molar-refractivity contribution is 5.95. The van der Waals surface area contributed by atoms with Crippen molar-refractivity contribution < 1.29 is 19.4 Å². The normalized spacial score (nSPS) is 15.8. The Morgan fingerprint density at radius 2 is 2.04 bits per heavy atom. The number of nitrogens with zero attached hydrogens (tertiary/aromatic N) is 3. The average molecular weight is 317 g/mol. The smallest absolute Gasteiger partial charge is 0.306 e. The standard InChI is InChI=1S/C16H19N3O4/c1-10-13(19-7-3-4-12(23-2)14(19)17-10)15(20)18-8-5-11(6-9-18)16(21)22/h3-4,7,11H,5-6,8-9H2,1-2H3,(H,21,22). The number of carbonyl (C=O) groups is 2. The molecule has 23 heavy (non-hydrogen) atoms. The maximum Gasteiger partial charge on any atom is 0.306 e. The quantitative estimate of drug-likeness (QED) is 0.929. The van der Waals surface area contributed by atoms with Crippen LogP contribution in [0, 0.1) is 12.8 Å². The number of hydrogen-bond acceptors (Lipinski definition) is 4. The van der Waals surface area contributed by atoms with Crippen LogP contribution in [-0.2, 0) is 4.79 Å². The van der Waals surface area contributed by atoms with Gasteiger partial charge in [-0.05, 0) is 31.9 Å². The van der Waals surface area contributed by atoms with Gasteiger partial charge < -0.3 is 14.7 Å². The van der Waals surface area contributed by atoms with E-state index in [0.29, 0.717) is 48.7 Å². The van der Waals surface area contributed by atoms with Gasteiger partial charge in [-0.1, -0.05) is 0 Å². The van der Waals surface area contributed by atoms with Gasteiger partial charge in [-0.15, -0.1) is 0 Å². The number of hydrogen-bond donors (Lipinski definition) is 1. The second-order valence-electron chi connectivity index (χ2n) is 5.72. The molecule has 2 aromatic rings. The van der Waals surface area contributed by atoms with Gasteiger partial charge >= 0.3 is 5.97 Å². The summed E-state index contributed by atoms with van der Waals surface area (Å²) in [6.45, 7) is 2.70. The summed E-state index contributed by atoms with van der Waals surface area (Å²) in [5.74, 6) is -0.651. The number of aromatic nitrogens is 2. The molecule has 0 radical (unpaired) electrons. The first-order valence-corrected chi connectivity index (χ1v) is 7.56. The molecule has 7 heteroatoms. The molecule has 3 heterocycles. The lowest BCUT2D eigenvalue weighted by Gasteiger charge is -2.30. The lowest BCUT2D eigenvalue weighted by Crippen LogP contribution is -2.40. The van der Waals surface area contributed by atoms with Crippen LogP contribution in [0.25, 0.3) is 5.65 Å². The molecule has 0 bridgehead atoms. The van der Waals surface area contributed by atoms with Crippen LogP contribution >= 0.6 is 0 Å². The van der Waals surface area contributed by atoms with Crippen molar-refractivity contribution in [1.82, 2.24) is 14.3 Å². The number of aryl methyl sites for hydroxylation is 1. The van der Waals surface area contributed by atoms with E-state index in [1.165, 1.54) is 0 Å². The molecular formula is C16H19N3O4. The van der Waals surface area contributed by atoms with Crippen molar-refractivity contribution in [3.05, 3.63) is 29.7 Å². The maximum absolute atomic E-state index is 12.8. The van der Waals surface area contributed by atoms with Crippen molar-refractivity contribution in [2.45, 2.75) is 19.8 Å². The number of methoxy groups -OCH3 is 1. The Morgan fingerprint density at radius 3 is 2.65 bits per heavy atom. The number of carboxylic acid groups (broad SMARTS) is 1. The van der Waals surface area contributed by atoms with Gasteiger partial charge in [-0.25, -0.2) is 4.98 Å². The van der Waals surface area contributed by atoms with E-state index < -0.39 is 5.97 Å². The second-order valence-corrected chi connectivity index (χ2v) is 5.72. The predicted octanol–water partition coefficient (Wildman–Crippen LogP) is 1.59. The molecule has 0 atom stereocenters. The van der Waals surface area contributed by atoms with Crippen LogP contribution in [0.1, 0.15) is 29.0 Å². The third-order valence-electron chi connectivity index (χ3n) is 4.34. The molecule has 1 amide bonds. The summed E-state index contributed by atoms with van der Waals surface area (Å²) in [5, 5.41) is 9.06. The number of rotatable bonds is 3. The van der Waals surface area contributed by atoms with E-state index >= 15 is 0 Å². The van der Waals surface area contributed by atoms with Crippen LogP contribution < -0.4 is 4.74 Å². The Hall–Kier alpha value is -2.57. The van der Waals surface area contributed by atoms with Gasteiger partial charge in [0.1, 0.15) is 5.69 Å². The Bertz CT molecular complexity index is 760. The van der Waals surface area contributed by atoms with E-state index in [4.69, 9.17) is 9.84 Å². The molecule has 1 aliphatic rings. The summed E-state index contributed by atoms with van der Waals surface area (Å²) >= 11 is 0. The fourth-order valence-electron chi connectivity index (χ4n) is 3.05. The fraction of sp³-hybridized carbons (Fsp3) is 0.438. The summed E-state index contributed by atoms with van der Waals surface area (Å²) in [6, 6.07) is 3.61. The van der Waals surface area contributed by atoms with E-state index in [2.05, 4.69) is 4.98 Å². The third-order valence-corrected chi connectivity index (χ3v) is 4.34. The molecule has 0 spiro atoms. The molecule has 1 saturated heterocycles. The second kappa shape index (κ2) is 5.91. The minimum absolute atomic E-state index is 0.118. The number of carboxylic acids is 1. The molecule has 0 aliphatic carbocycles. The molecule has 1 N–H and O–H groups in total. The Labute approximate surface area is 133 Å². The fourth-order valence-corrected chi connectivity index (χ4v) is 3.05. The van der Waals surface area contributed by atoms with Crippen LogP contribution in [0.2, 0.25) is 0 Å². The molecule has 1 fully saturated rings. The van der Waals surface area contributed by atoms with Crippen molar-refractivity contribution in [1.29, 1.82) is 0 Å². The van der Waals surface area contributed by atoms with Crippen molar-refractivity contribution >= 4 is 17.5 Å². The minimum Gasteiger partial charge on any atom is -0.493 e. The Morgan fingerprint density at radius 1 is 1.35 bits per heavy atom. The molecular weight excluding hydrogens is 298 g/mol. The van der Waals surface area contributed by atoms with Crippen molar-refractivity contribution in [2.75, 3.05) is 20.2 Å². The van der Waals surface area contributed by atoms with E-state index in [0.717, 1.165) is 0 Å². The lowest BCUT2D eigenvalue weighted by molar-refractivity contribution is -0.143. The first-order valence-electron chi connectivity index (χ1n) is 7.56. The summed E-state index contributed by atoms with van der Waals surface area (Å²) < 4.78 is 7.02. The Kier molecular flexibility index (Phi) is 3.94. The van der Waals surface area contributed by atoms with Gasteiger partial charge in [0.25, 0.3) is 5.91 Å². The Balaban J connectivity index is 1.90. The van der Waals surface area contributed by atoms with Gasteiger partial charge in [0.15, 0.2) is 11.4 Å². The molecule has 122 valence electrons. The third kappa shape index (κ3) is 2.62.